The summed E-state index contributed by atoms with van der Waals surface area (Å²) in [6.07, 6.45) is 4.12. The van der Waals surface area contributed by atoms with Crippen LogP contribution in [0.3, 0.4) is 0 Å². The molecule has 0 amide bonds. The molecule has 88 valence electrons. The maximum atomic E-state index is 5.42. The third-order valence-corrected chi connectivity index (χ3v) is 3.22. The van der Waals surface area contributed by atoms with Gasteiger partial charge in [0.25, 0.3) is 0 Å². The van der Waals surface area contributed by atoms with Gasteiger partial charge in [0.15, 0.2) is 5.76 Å². The van der Waals surface area contributed by atoms with E-state index in [1.165, 1.54) is 6.42 Å². The van der Waals surface area contributed by atoms with Crippen LogP contribution in [0.5, 0.6) is 0 Å². The molecule has 3 rings (SSSR count). The molecule has 0 aromatic carbocycles. The van der Waals surface area contributed by atoms with Gasteiger partial charge in [-0.25, -0.2) is 0 Å². The average Bonchev–Trinajstić information content (AvgIpc) is 3.00. The number of nitrogens with one attached hydrogen (secondary N) is 1. The van der Waals surface area contributed by atoms with Crippen molar-refractivity contribution < 1.29 is 4.52 Å². The summed E-state index contributed by atoms with van der Waals surface area (Å²) in [7, 11) is 0. The van der Waals surface area contributed by atoms with Gasteiger partial charge >= 0.3 is 0 Å². The van der Waals surface area contributed by atoms with E-state index >= 15 is 0 Å². The van der Waals surface area contributed by atoms with Gasteiger partial charge in [0.1, 0.15) is 5.69 Å². The average molecular weight is 229 g/mol. The van der Waals surface area contributed by atoms with Crippen LogP contribution < -0.4 is 5.32 Å². The van der Waals surface area contributed by atoms with Crippen LogP contribution in [0.25, 0.3) is 11.3 Å². The summed E-state index contributed by atoms with van der Waals surface area (Å²) >= 11 is 0. The monoisotopic (exact) mass is 229 g/mol. The van der Waals surface area contributed by atoms with E-state index in [4.69, 9.17) is 4.52 Å². The van der Waals surface area contributed by atoms with Crippen molar-refractivity contribution in [3.8, 4) is 11.3 Å². The minimum atomic E-state index is 0.327. The number of pyridine rings is 1. The molecule has 0 saturated carbocycles. The number of aromatic nitrogens is 2. The minimum Gasteiger partial charge on any atom is -0.359 e. The van der Waals surface area contributed by atoms with Crippen LogP contribution >= 0.6 is 0 Å². The predicted octanol–water partition coefficient (Wildman–Crippen LogP) is 2.47. The van der Waals surface area contributed by atoms with Gasteiger partial charge in [-0.15, -0.1) is 0 Å². The fourth-order valence-corrected chi connectivity index (χ4v) is 2.26. The Hall–Kier alpha value is -1.68. The van der Waals surface area contributed by atoms with Gasteiger partial charge in [0, 0.05) is 23.5 Å². The molecule has 0 bridgehead atoms. The Morgan fingerprint density at radius 1 is 1.47 bits per heavy atom. The van der Waals surface area contributed by atoms with Gasteiger partial charge in [-0.2, -0.15) is 0 Å². The number of aryl methyl sites for hydroxylation is 1. The first-order valence-corrected chi connectivity index (χ1v) is 5.96. The summed E-state index contributed by atoms with van der Waals surface area (Å²) in [6, 6.07) is 6.29. The van der Waals surface area contributed by atoms with Crippen molar-refractivity contribution in [2.75, 3.05) is 6.54 Å². The first kappa shape index (κ1) is 10.5. The summed E-state index contributed by atoms with van der Waals surface area (Å²) in [5, 5.41) is 7.54. The molecule has 1 aliphatic heterocycles. The lowest BCUT2D eigenvalue weighted by molar-refractivity contribution is 0.353. The third-order valence-electron chi connectivity index (χ3n) is 3.22. The van der Waals surface area contributed by atoms with E-state index in [0.29, 0.717) is 6.04 Å². The number of rotatable bonds is 2. The van der Waals surface area contributed by atoms with Crippen molar-refractivity contribution in [2.24, 2.45) is 0 Å². The molecule has 1 N–H and O–H groups in total. The molecule has 4 nitrogen and oxygen atoms in total. The van der Waals surface area contributed by atoms with Gasteiger partial charge in [-0.3, -0.25) is 4.98 Å². The summed E-state index contributed by atoms with van der Waals surface area (Å²) in [6.45, 7) is 3.05. The molecule has 0 radical (unpaired) electrons. The molecule has 2 aromatic heterocycles. The zero-order valence-electron chi connectivity index (χ0n) is 9.81. The second-order valence-corrected chi connectivity index (χ2v) is 4.40. The lowest BCUT2D eigenvalue weighted by Crippen LogP contribution is -2.11. The second-order valence-electron chi connectivity index (χ2n) is 4.40. The molecule has 0 unspecified atom stereocenters. The van der Waals surface area contributed by atoms with E-state index in [-0.39, 0.29) is 0 Å². The van der Waals surface area contributed by atoms with Crippen LogP contribution in [0.1, 0.15) is 30.3 Å². The summed E-state index contributed by atoms with van der Waals surface area (Å²) in [5.74, 6) is 0.931. The molecule has 0 spiro atoms. The number of nitrogens with zero attached hydrogens (tertiary/aromatic N) is 2. The Morgan fingerprint density at radius 3 is 3.18 bits per heavy atom. The first-order valence-electron chi connectivity index (χ1n) is 5.96. The maximum Gasteiger partial charge on any atom is 0.154 e. The zero-order chi connectivity index (χ0) is 11.7. The molecule has 1 aliphatic rings. The smallest absolute Gasteiger partial charge is 0.154 e. The Bertz CT molecular complexity index is 515. The van der Waals surface area contributed by atoms with Crippen LogP contribution in [0.15, 0.2) is 28.9 Å². The highest BCUT2D eigenvalue weighted by Gasteiger charge is 2.21. The molecule has 1 atom stereocenters. The number of hydrogen-bond donors (Lipinski definition) is 1. The summed E-state index contributed by atoms with van der Waals surface area (Å²) in [5.41, 5.74) is 2.89. The van der Waals surface area contributed by atoms with E-state index in [1.54, 1.807) is 6.20 Å². The Balaban J connectivity index is 1.92. The normalized spacial score (nSPS) is 19.7. The van der Waals surface area contributed by atoms with E-state index in [1.807, 2.05) is 25.1 Å². The van der Waals surface area contributed by atoms with Crippen molar-refractivity contribution in [3.63, 3.8) is 0 Å². The van der Waals surface area contributed by atoms with Crippen LogP contribution in [-0.2, 0) is 0 Å². The van der Waals surface area contributed by atoms with E-state index in [0.717, 1.165) is 35.7 Å². The summed E-state index contributed by atoms with van der Waals surface area (Å²) < 4.78 is 5.42. The van der Waals surface area contributed by atoms with Crippen molar-refractivity contribution in [1.29, 1.82) is 0 Å². The lowest BCUT2D eigenvalue weighted by Gasteiger charge is -2.03. The van der Waals surface area contributed by atoms with Crippen molar-refractivity contribution in [3.05, 3.63) is 35.9 Å². The molecular weight excluding hydrogens is 214 g/mol. The molecule has 4 heteroatoms. The van der Waals surface area contributed by atoms with E-state index in [2.05, 4.69) is 15.5 Å². The largest absolute Gasteiger partial charge is 0.359 e. The first-order chi connectivity index (χ1) is 8.34. The minimum absolute atomic E-state index is 0.327. The van der Waals surface area contributed by atoms with Gasteiger partial charge < -0.3 is 9.84 Å². The molecule has 1 fully saturated rings. The highest BCUT2D eigenvalue weighted by molar-refractivity contribution is 5.61. The summed E-state index contributed by atoms with van der Waals surface area (Å²) in [4.78, 5) is 4.26. The topological polar surface area (TPSA) is 51.0 Å². The zero-order valence-corrected chi connectivity index (χ0v) is 9.81. The van der Waals surface area contributed by atoms with Crippen LogP contribution in [0.4, 0.5) is 0 Å². The quantitative estimate of drug-likeness (QED) is 0.859. The van der Waals surface area contributed by atoms with E-state index in [9.17, 15) is 0 Å². The molecule has 3 heterocycles. The second kappa shape index (κ2) is 4.30. The van der Waals surface area contributed by atoms with Gasteiger partial charge in [0.2, 0.25) is 0 Å². The van der Waals surface area contributed by atoms with Gasteiger partial charge in [0.05, 0.1) is 6.04 Å². The fraction of sp³-hybridized carbons (Fsp3) is 0.385. The lowest BCUT2D eigenvalue weighted by atomic mass is 10.1. The Morgan fingerprint density at radius 2 is 2.41 bits per heavy atom. The Labute approximate surface area is 100 Å². The van der Waals surface area contributed by atoms with Crippen LogP contribution in [0.2, 0.25) is 0 Å². The molecule has 0 aliphatic carbocycles. The Kier molecular flexibility index (Phi) is 2.65. The van der Waals surface area contributed by atoms with Crippen LogP contribution in [0, 0.1) is 6.92 Å². The maximum absolute atomic E-state index is 5.42. The third kappa shape index (κ3) is 1.96. The number of hydrogen-bond acceptors (Lipinski definition) is 4. The van der Waals surface area contributed by atoms with Crippen LogP contribution in [-0.4, -0.2) is 16.7 Å². The molecule has 17 heavy (non-hydrogen) atoms. The standard InChI is InChI=1S/C13H15N3O/c1-9-10(4-2-6-14-9)12-8-13(17-16-12)11-5-3-7-15-11/h2,4,6,8,11,15H,3,5,7H2,1H3/t11-/m0/s1. The predicted molar refractivity (Wildman–Crippen MR) is 64.4 cm³/mol. The van der Waals surface area contributed by atoms with Crippen molar-refractivity contribution in [2.45, 2.75) is 25.8 Å². The molecular formula is C13H15N3O. The molecule has 1 saturated heterocycles. The molecule has 2 aromatic rings. The van der Waals surface area contributed by atoms with Gasteiger partial charge in [-0.1, -0.05) is 5.16 Å². The van der Waals surface area contributed by atoms with Crippen molar-refractivity contribution in [1.82, 2.24) is 15.5 Å². The van der Waals surface area contributed by atoms with Gasteiger partial charge in [-0.05, 0) is 38.4 Å². The SMILES string of the molecule is Cc1ncccc1-c1cc([C@@H]2CCCN2)on1. The fourth-order valence-electron chi connectivity index (χ4n) is 2.26. The van der Waals surface area contributed by atoms with E-state index < -0.39 is 0 Å². The highest BCUT2D eigenvalue weighted by Crippen LogP contribution is 2.28. The van der Waals surface area contributed by atoms with Crippen molar-refractivity contribution >= 4 is 0 Å². The highest BCUT2D eigenvalue weighted by atomic mass is 16.5.